The molecule has 0 heterocycles. The summed E-state index contributed by atoms with van der Waals surface area (Å²) in [7, 11) is -5.39. The SMILES string of the molecule is N.N.N.N.N.O.O.O.O=P([O-])([O-])[O-].[Co+3]. The maximum Gasteiger partial charge on any atom is 3.00 e. The van der Waals surface area contributed by atoms with Gasteiger partial charge in [0.25, 0.3) is 0 Å². The number of rotatable bonds is 0. The first kappa shape index (κ1) is 137. The Morgan fingerprint density at radius 3 is 0.643 bits per heavy atom. The topological polar surface area (TPSA) is 356 Å². The zero-order valence-electron chi connectivity index (χ0n) is 7.45. The molecule has 21 N–H and O–H groups in total. The Morgan fingerprint density at radius 1 is 0.643 bits per heavy atom. The Hall–Kier alpha value is 0.296. The molecule has 0 aromatic heterocycles. The van der Waals surface area contributed by atoms with Crippen LogP contribution >= 0.6 is 7.82 Å². The number of hydrogen-bond donors (Lipinski definition) is 5. The van der Waals surface area contributed by atoms with Crippen LogP contribution in [0.3, 0.4) is 0 Å². The smallest absolute Gasteiger partial charge is 0.822 e. The maximum absolute atomic E-state index is 8.55. The summed E-state index contributed by atoms with van der Waals surface area (Å²) in [6, 6.07) is 0. The Morgan fingerprint density at radius 2 is 0.643 bits per heavy atom. The normalized spacial score (nSPS) is 4.21. The molecule has 0 aromatic rings. The van der Waals surface area contributed by atoms with Crippen molar-refractivity contribution >= 4 is 7.82 Å². The van der Waals surface area contributed by atoms with Gasteiger partial charge in [-0.05, 0) is 0 Å². The summed E-state index contributed by atoms with van der Waals surface area (Å²) in [6.07, 6.45) is 0. The monoisotopic (exact) mass is 293 g/mol. The second-order valence-corrected chi connectivity index (χ2v) is 1.34. The fourth-order valence-corrected chi connectivity index (χ4v) is 0. The third kappa shape index (κ3) is 17900. The third-order valence-electron chi connectivity index (χ3n) is 0. The number of hydrogen-bond acceptors (Lipinski definition) is 9. The van der Waals surface area contributed by atoms with E-state index >= 15 is 0 Å². The number of phosphoric acid groups is 1. The minimum atomic E-state index is -5.39. The van der Waals surface area contributed by atoms with Gasteiger partial charge >= 0.3 is 16.8 Å². The van der Waals surface area contributed by atoms with E-state index in [0.717, 1.165) is 0 Å². The molecule has 0 aromatic carbocycles. The average molecular weight is 293 g/mol. The molecule has 0 saturated heterocycles. The van der Waals surface area contributed by atoms with E-state index in [4.69, 9.17) is 19.2 Å². The average Bonchev–Trinajstić information content (AvgIpc) is 0.722. The van der Waals surface area contributed by atoms with E-state index in [1.54, 1.807) is 0 Å². The van der Waals surface area contributed by atoms with E-state index in [-0.39, 0.29) is 64.0 Å². The van der Waals surface area contributed by atoms with Gasteiger partial charge < -0.3 is 66.4 Å². The molecule has 14 heavy (non-hydrogen) atoms. The van der Waals surface area contributed by atoms with E-state index in [1.165, 1.54) is 0 Å². The van der Waals surface area contributed by atoms with Crippen molar-refractivity contribution in [1.29, 1.82) is 0 Å². The third-order valence-corrected chi connectivity index (χ3v) is 0. The zero-order valence-corrected chi connectivity index (χ0v) is 9.38. The standard InChI is InChI=1S/Co.5H3N.H3O4P.3H2O/c;;;;;;1-5(2,3)4;;;/h;5*1H3;(H3,1,2,3,4);3*1H2/q+3;;;;;;;;;/p-3. The first-order valence-electron chi connectivity index (χ1n) is 0.730. The van der Waals surface area contributed by atoms with E-state index in [9.17, 15) is 0 Å². The van der Waals surface area contributed by atoms with Crippen LogP contribution in [-0.4, -0.2) is 16.4 Å². The van der Waals surface area contributed by atoms with Crippen LogP contribution in [0, 0.1) is 0 Å². The van der Waals surface area contributed by atoms with E-state index in [1.807, 2.05) is 0 Å². The van der Waals surface area contributed by atoms with E-state index in [0.29, 0.717) is 0 Å². The molecular weight excluding hydrogens is 272 g/mol. The summed E-state index contributed by atoms with van der Waals surface area (Å²) in [5, 5.41) is 0. The summed E-state index contributed by atoms with van der Waals surface area (Å²) >= 11 is 0. The Balaban J connectivity index is -0.00000000222. The molecule has 0 atom stereocenters. The predicted molar refractivity (Wildman–Crippen MR) is 43.6 cm³/mol. The van der Waals surface area contributed by atoms with Crippen LogP contribution < -0.4 is 45.4 Å². The van der Waals surface area contributed by atoms with Gasteiger partial charge in [-0.1, -0.05) is 0 Å². The van der Waals surface area contributed by atoms with Crippen molar-refractivity contribution in [2.45, 2.75) is 0 Å². The molecule has 0 bridgehead atoms. The first-order chi connectivity index (χ1) is 2.00. The van der Waals surface area contributed by atoms with Crippen molar-refractivity contribution in [3.63, 3.8) is 0 Å². The van der Waals surface area contributed by atoms with Crippen molar-refractivity contribution in [2.24, 2.45) is 0 Å². The van der Waals surface area contributed by atoms with Crippen molar-refractivity contribution in [1.82, 2.24) is 30.8 Å². The molecule has 0 radical (unpaired) electrons. The molecule has 0 aliphatic rings. The van der Waals surface area contributed by atoms with Crippen molar-refractivity contribution < 1.29 is 52.5 Å². The maximum atomic E-state index is 8.55. The minimum absolute atomic E-state index is 0. The van der Waals surface area contributed by atoms with Gasteiger partial charge in [-0.25, -0.2) is 0 Å². The van der Waals surface area contributed by atoms with Gasteiger partial charge in [0, 0.05) is 0 Å². The molecule has 0 aliphatic carbocycles. The van der Waals surface area contributed by atoms with Crippen LogP contribution in [-0.2, 0) is 21.3 Å². The molecule has 0 spiro atoms. The van der Waals surface area contributed by atoms with Crippen LogP contribution in [0.4, 0.5) is 0 Å². The molecule has 0 saturated carbocycles. The van der Waals surface area contributed by atoms with Gasteiger partial charge in [0.1, 0.15) is 0 Å². The summed E-state index contributed by atoms with van der Waals surface area (Å²) in [5.74, 6) is 0. The van der Waals surface area contributed by atoms with Gasteiger partial charge in [-0.15, -0.1) is 0 Å². The van der Waals surface area contributed by atoms with Crippen LogP contribution in [0.2, 0.25) is 0 Å². The Bertz CT molecular complexity index is 68.2. The van der Waals surface area contributed by atoms with Crippen LogP contribution in [0.15, 0.2) is 0 Å². The molecule has 0 amide bonds. The van der Waals surface area contributed by atoms with Gasteiger partial charge in [0.15, 0.2) is 0 Å². The van der Waals surface area contributed by atoms with Crippen LogP contribution in [0.1, 0.15) is 0 Å². The van der Waals surface area contributed by atoms with Crippen molar-refractivity contribution in [2.75, 3.05) is 0 Å². The van der Waals surface area contributed by atoms with Gasteiger partial charge in [-0.2, -0.15) is 7.82 Å². The Labute approximate surface area is 91.7 Å². The molecule has 0 fully saturated rings. The van der Waals surface area contributed by atoms with Gasteiger partial charge in [0.05, 0.1) is 0 Å². The second-order valence-electron chi connectivity index (χ2n) is 0.447. The van der Waals surface area contributed by atoms with Gasteiger partial charge in [-0.3, -0.25) is 0 Å². The van der Waals surface area contributed by atoms with Crippen LogP contribution in [0.25, 0.3) is 0 Å². The Kier molecular flexibility index (Phi) is 496. The fraction of sp³-hybridized carbons (Fsp3) is 0. The first-order valence-corrected chi connectivity index (χ1v) is 2.19. The zero-order chi connectivity index (χ0) is 4.50. The molecule has 12 nitrogen and oxygen atoms in total. The van der Waals surface area contributed by atoms with Crippen molar-refractivity contribution in [3.8, 4) is 0 Å². The summed E-state index contributed by atoms with van der Waals surface area (Å²) in [6.45, 7) is 0. The largest absolute Gasteiger partial charge is 3.00 e. The molecule has 0 rings (SSSR count). The molecule has 102 valence electrons. The summed E-state index contributed by atoms with van der Waals surface area (Å²) < 4.78 is 8.55. The molecular formula is H21CoN5O7P. The molecule has 0 aliphatic heterocycles. The van der Waals surface area contributed by atoms with E-state index < -0.39 is 7.82 Å². The summed E-state index contributed by atoms with van der Waals surface area (Å²) in [5.41, 5.74) is 0. The van der Waals surface area contributed by atoms with E-state index in [2.05, 4.69) is 0 Å². The second kappa shape index (κ2) is 50.7. The summed E-state index contributed by atoms with van der Waals surface area (Å²) in [4.78, 5) is 25.6. The van der Waals surface area contributed by atoms with Gasteiger partial charge in [0.2, 0.25) is 0 Å². The minimum Gasteiger partial charge on any atom is -0.822 e. The molecule has 0 unspecified atom stereocenters. The predicted octanol–water partition coefficient (Wildman–Crippen LogP) is -4.49. The van der Waals surface area contributed by atoms with Crippen LogP contribution in [0.5, 0.6) is 0 Å². The fourth-order valence-electron chi connectivity index (χ4n) is 0. The quantitative estimate of drug-likeness (QED) is 0.268. The molecule has 14 heteroatoms. The van der Waals surface area contributed by atoms with Crippen molar-refractivity contribution in [3.05, 3.63) is 0 Å².